The van der Waals surface area contributed by atoms with Gasteiger partial charge in [0.25, 0.3) is 0 Å². The first-order valence-electron chi connectivity index (χ1n) is 6.92. The number of benzene rings is 1. The number of aliphatic imine (C=N–C) groups is 1. The van der Waals surface area contributed by atoms with Gasteiger partial charge in [0.2, 0.25) is 0 Å². The van der Waals surface area contributed by atoms with E-state index in [2.05, 4.69) is 15.3 Å². The average Bonchev–Trinajstić information content (AvgIpc) is 2.57. The van der Waals surface area contributed by atoms with E-state index in [0.717, 1.165) is 11.1 Å². The summed E-state index contributed by atoms with van der Waals surface area (Å²) in [6, 6.07) is 13.0. The molecule has 0 saturated carbocycles. The quantitative estimate of drug-likeness (QED) is 0.599. The first-order valence-corrected chi connectivity index (χ1v) is 7.30. The highest BCUT2D eigenvalue weighted by Crippen LogP contribution is 2.25. The molecule has 1 aromatic carbocycles. The van der Waals surface area contributed by atoms with Gasteiger partial charge in [0.15, 0.2) is 0 Å². The first-order chi connectivity index (χ1) is 11.2. The number of pyridine rings is 1. The highest BCUT2D eigenvalue weighted by molar-refractivity contribution is 6.34. The summed E-state index contributed by atoms with van der Waals surface area (Å²) in [6.45, 7) is 0. The van der Waals surface area contributed by atoms with Crippen LogP contribution in [0.1, 0.15) is 11.3 Å². The van der Waals surface area contributed by atoms with Crippen molar-refractivity contribution < 1.29 is 0 Å². The standard InChI is InChI=1S/C17H14ClN5/c18-13-6-2-1-5-12(13)11-9-22-17(23-10-11)15(16(19)20)14-7-3-4-8-21-14/h1-10,22H,(H3,19,20)/b17-15+. The molecule has 0 unspecified atom stereocenters. The molecule has 0 spiro atoms. The third kappa shape index (κ3) is 3.14. The van der Waals surface area contributed by atoms with E-state index < -0.39 is 0 Å². The summed E-state index contributed by atoms with van der Waals surface area (Å²) >= 11 is 6.20. The summed E-state index contributed by atoms with van der Waals surface area (Å²) in [5.74, 6) is 0.380. The highest BCUT2D eigenvalue weighted by atomic mass is 35.5. The fraction of sp³-hybridized carbons (Fsp3) is 0. The number of nitrogens with zero attached hydrogens (tertiary/aromatic N) is 2. The number of rotatable bonds is 3. The van der Waals surface area contributed by atoms with Crippen molar-refractivity contribution >= 4 is 34.8 Å². The normalized spacial score (nSPS) is 15.6. The van der Waals surface area contributed by atoms with E-state index in [0.29, 0.717) is 22.1 Å². The molecule has 2 aromatic rings. The number of aromatic nitrogens is 1. The molecule has 1 aliphatic heterocycles. The van der Waals surface area contributed by atoms with Crippen molar-refractivity contribution in [3.8, 4) is 0 Å². The van der Waals surface area contributed by atoms with Crippen molar-refractivity contribution in [2.45, 2.75) is 0 Å². The Morgan fingerprint density at radius 2 is 1.91 bits per heavy atom. The van der Waals surface area contributed by atoms with E-state index in [9.17, 15) is 0 Å². The molecule has 6 heteroatoms. The molecule has 1 aromatic heterocycles. The minimum atomic E-state index is -0.0991. The molecule has 3 rings (SSSR count). The molecule has 0 radical (unpaired) electrons. The van der Waals surface area contributed by atoms with Crippen LogP contribution in [0.3, 0.4) is 0 Å². The number of amidine groups is 1. The lowest BCUT2D eigenvalue weighted by Crippen LogP contribution is -2.20. The summed E-state index contributed by atoms with van der Waals surface area (Å²) < 4.78 is 0. The van der Waals surface area contributed by atoms with Gasteiger partial charge in [-0.3, -0.25) is 10.4 Å². The van der Waals surface area contributed by atoms with Crippen LogP contribution in [0.25, 0.3) is 11.1 Å². The zero-order chi connectivity index (χ0) is 16.2. The third-order valence-electron chi connectivity index (χ3n) is 3.31. The lowest BCUT2D eigenvalue weighted by atomic mass is 10.1. The monoisotopic (exact) mass is 323 g/mol. The molecule has 4 N–H and O–H groups in total. The van der Waals surface area contributed by atoms with Gasteiger partial charge in [-0.2, -0.15) is 0 Å². The predicted octanol–water partition coefficient (Wildman–Crippen LogP) is 3.05. The highest BCUT2D eigenvalue weighted by Gasteiger charge is 2.16. The smallest absolute Gasteiger partial charge is 0.143 e. The fourth-order valence-corrected chi connectivity index (χ4v) is 2.48. The fourth-order valence-electron chi connectivity index (χ4n) is 2.23. The molecule has 0 atom stereocenters. The molecular weight excluding hydrogens is 310 g/mol. The van der Waals surface area contributed by atoms with E-state index in [1.165, 1.54) is 0 Å². The first kappa shape index (κ1) is 15.0. The molecule has 23 heavy (non-hydrogen) atoms. The predicted molar refractivity (Wildman–Crippen MR) is 94.1 cm³/mol. The Labute approximate surface area is 138 Å². The van der Waals surface area contributed by atoms with Crippen molar-refractivity contribution in [2.75, 3.05) is 0 Å². The van der Waals surface area contributed by atoms with Gasteiger partial charge in [-0.15, -0.1) is 0 Å². The van der Waals surface area contributed by atoms with E-state index in [4.69, 9.17) is 22.7 Å². The Hall–Kier alpha value is -2.92. The van der Waals surface area contributed by atoms with Crippen LogP contribution < -0.4 is 11.1 Å². The summed E-state index contributed by atoms with van der Waals surface area (Å²) in [5.41, 5.74) is 8.48. The second kappa shape index (κ2) is 6.46. The Balaban J connectivity index is 1.97. The minimum Gasteiger partial charge on any atom is -0.384 e. The van der Waals surface area contributed by atoms with Gasteiger partial charge in [-0.05, 0) is 18.2 Å². The Morgan fingerprint density at radius 1 is 1.13 bits per heavy atom. The molecule has 114 valence electrons. The largest absolute Gasteiger partial charge is 0.384 e. The van der Waals surface area contributed by atoms with Crippen LogP contribution in [0.15, 0.2) is 65.7 Å². The van der Waals surface area contributed by atoms with Gasteiger partial charge in [-0.1, -0.05) is 35.9 Å². The Bertz CT molecular complexity index is 837. The van der Waals surface area contributed by atoms with Gasteiger partial charge in [0, 0.05) is 34.8 Å². The summed E-state index contributed by atoms with van der Waals surface area (Å²) in [6.07, 6.45) is 5.13. The van der Waals surface area contributed by atoms with Gasteiger partial charge in [0.05, 0.1) is 11.3 Å². The molecule has 5 nitrogen and oxygen atoms in total. The molecule has 0 saturated heterocycles. The second-order valence-corrected chi connectivity index (χ2v) is 5.24. The number of halogens is 1. The van der Waals surface area contributed by atoms with E-state index in [-0.39, 0.29) is 5.84 Å². The second-order valence-electron chi connectivity index (χ2n) is 4.83. The van der Waals surface area contributed by atoms with Crippen molar-refractivity contribution in [2.24, 2.45) is 10.7 Å². The van der Waals surface area contributed by atoms with Gasteiger partial charge < -0.3 is 11.1 Å². The minimum absolute atomic E-state index is 0.0991. The lowest BCUT2D eigenvalue weighted by molar-refractivity contribution is 1.03. The van der Waals surface area contributed by atoms with E-state index >= 15 is 0 Å². The topological polar surface area (TPSA) is 87.2 Å². The number of nitrogens with two attached hydrogens (primary N) is 1. The van der Waals surface area contributed by atoms with Gasteiger partial charge in [-0.25, -0.2) is 4.99 Å². The summed E-state index contributed by atoms with van der Waals surface area (Å²) in [7, 11) is 0. The van der Waals surface area contributed by atoms with Crippen LogP contribution in [-0.2, 0) is 0 Å². The molecule has 0 aliphatic carbocycles. The van der Waals surface area contributed by atoms with Crippen molar-refractivity contribution in [3.05, 3.63) is 77.0 Å². The van der Waals surface area contributed by atoms with Crippen LogP contribution in [0, 0.1) is 5.41 Å². The van der Waals surface area contributed by atoms with Crippen molar-refractivity contribution in [1.29, 1.82) is 5.41 Å². The van der Waals surface area contributed by atoms with Crippen LogP contribution in [-0.4, -0.2) is 17.0 Å². The number of hydrogen-bond donors (Lipinski definition) is 3. The number of hydrogen-bond acceptors (Lipinski definition) is 4. The maximum absolute atomic E-state index is 7.80. The molecule has 0 fully saturated rings. The molecule has 2 heterocycles. The zero-order valence-corrected chi connectivity index (χ0v) is 12.9. The molecule has 1 aliphatic rings. The molecule has 0 bridgehead atoms. The average molecular weight is 324 g/mol. The number of nitrogens with one attached hydrogen (secondary N) is 2. The number of allylic oxidation sites excluding steroid dienone is 1. The van der Waals surface area contributed by atoms with E-state index in [1.807, 2.05) is 30.3 Å². The maximum Gasteiger partial charge on any atom is 0.143 e. The molecule has 0 amide bonds. The van der Waals surface area contributed by atoms with Crippen LogP contribution in [0.5, 0.6) is 0 Å². The van der Waals surface area contributed by atoms with Crippen LogP contribution in [0.2, 0.25) is 5.02 Å². The maximum atomic E-state index is 7.80. The lowest BCUT2D eigenvalue weighted by Gasteiger charge is -2.15. The van der Waals surface area contributed by atoms with Crippen molar-refractivity contribution in [3.63, 3.8) is 0 Å². The zero-order valence-electron chi connectivity index (χ0n) is 12.1. The van der Waals surface area contributed by atoms with Gasteiger partial charge >= 0.3 is 0 Å². The third-order valence-corrected chi connectivity index (χ3v) is 3.64. The SMILES string of the molecule is N=C(N)/C(=C1/N=CC(c2ccccc2Cl)=CN1)c1ccccn1. The van der Waals surface area contributed by atoms with Crippen molar-refractivity contribution in [1.82, 2.24) is 10.3 Å². The summed E-state index contributed by atoms with van der Waals surface area (Å²) in [5, 5.41) is 11.5. The Kier molecular flexibility index (Phi) is 4.21. The summed E-state index contributed by atoms with van der Waals surface area (Å²) in [4.78, 5) is 8.61. The Morgan fingerprint density at radius 3 is 2.52 bits per heavy atom. The van der Waals surface area contributed by atoms with E-state index in [1.54, 1.807) is 30.7 Å². The van der Waals surface area contributed by atoms with Crippen LogP contribution in [0.4, 0.5) is 0 Å². The van der Waals surface area contributed by atoms with Crippen LogP contribution >= 0.6 is 11.6 Å². The van der Waals surface area contributed by atoms with Gasteiger partial charge in [0.1, 0.15) is 11.7 Å². The molecular formula is C17H14ClN5.